The van der Waals surface area contributed by atoms with Crippen LogP contribution in [0.15, 0.2) is 24.3 Å². The minimum absolute atomic E-state index is 0.0492. The van der Waals surface area contributed by atoms with E-state index in [2.05, 4.69) is 19.9 Å². The highest BCUT2D eigenvalue weighted by atomic mass is 16.5. The van der Waals surface area contributed by atoms with Crippen LogP contribution in [-0.2, 0) is 11.2 Å². The minimum Gasteiger partial charge on any atom is -0.374 e. The predicted octanol–water partition coefficient (Wildman–Crippen LogP) is 3.10. The Labute approximate surface area is 97.6 Å². The van der Waals surface area contributed by atoms with Crippen LogP contribution in [-0.4, -0.2) is 19.0 Å². The molecule has 0 heterocycles. The van der Waals surface area contributed by atoms with Crippen molar-refractivity contribution in [1.29, 1.82) is 0 Å². The normalized spacial score (nSPS) is 12.8. The topological polar surface area (TPSA) is 26.3 Å². The molecule has 0 N–H and O–H groups in total. The summed E-state index contributed by atoms with van der Waals surface area (Å²) in [5.74, 6) is 0.651. The first-order chi connectivity index (χ1) is 7.54. The molecule has 2 nitrogen and oxygen atoms in total. The zero-order valence-electron chi connectivity index (χ0n) is 10.5. The molecule has 1 aromatic carbocycles. The molecule has 1 aromatic rings. The maximum absolute atomic E-state index is 11.9. The van der Waals surface area contributed by atoms with Gasteiger partial charge in [0.05, 0.1) is 0 Å². The van der Waals surface area contributed by atoms with Gasteiger partial charge in [-0.2, -0.15) is 0 Å². The average Bonchev–Trinajstić information content (AvgIpc) is 2.26. The summed E-state index contributed by atoms with van der Waals surface area (Å²) in [6.07, 6.45) is 0.636. The molecule has 1 unspecified atom stereocenters. The summed E-state index contributed by atoms with van der Waals surface area (Å²) in [4.78, 5) is 11.9. The molecule has 0 saturated heterocycles. The van der Waals surface area contributed by atoms with Gasteiger partial charge in [-0.15, -0.1) is 0 Å². The van der Waals surface area contributed by atoms with Crippen molar-refractivity contribution in [2.45, 2.75) is 33.3 Å². The number of hydrogen-bond donors (Lipinski definition) is 0. The minimum atomic E-state index is -0.366. The Morgan fingerprint density at radius 2 is 2.00 bits per heavy atom. The van der Waals surface area contributed by atoms with Gasteiger partial charge in [0.2, 0.25) is 0 Å². The van der Waals surface area contributed by atoms with E-state index in [1.165, 1.54) is 5.56 Å². The van der Waals surface area contributed by atoms with Crippen molar-refractivity contribution in [3.8, 4) is 0 Å². The Kier molecular flexibility index (Phi) is 4.69. The predicted molar refractivity (Wildman–Crippen MR) is 65.8 cm³/mol. The number of methoxy groups -OCH3 is 1. The van der Waals surface area contributed by atoms with E-state index >= 15 is 0 Å². The highest BCUT2D eigenvalue weighted by Crippen LogP contribution is 2.12. The largest absolute Gasteiger partial charge is 0.374 e. The molecule has 88 valence electrons. The fraction of sp³-hybridized carbons (Fsp3) is 0.500. The third-order valence-corrected chi connectivity index (χ3v) is 2.58. The molecule has 1 atom stereocenters. The standard InChI is InChI=1S/C14H20O2/c1-10(2)8-12-6-5-7-13(9-12)14(15)11(3)16-4/h5-7,9-11H,8H2,1-4H3. The van der Waals surface area contributed by atoms with Crippen molar-refractivity contribution in [3.05, 3.63) is 35.4 Å². The molecule has 0 aliphatic carbocycles. The lowest BCUT2D eigenvalue weighted by Crippen LogP contribution is -2.19. The first kappa shape index (κ1) is 12.9. The van der Waals surface area contributed by atoms with Crippen molar-refractivity contribution in [3.63, 3.8) is 0 Å². The molecule has 0 aliphatic heterocycles. The van der Waals surface area contributed by atoms with Gasteiger partial charge in [0.1, 0.15) is 6.10 Å². The van der Waals surface area contributed by atoms with Crippen molar-refractivity contribution < 1.29 is 9.53 Å². The average molecular weight is 220 g/mol. The smallest absolute Gasteiger partial charge is 0.191 e. The molecule has 0 amide bonds. The number of ether oxygens (including phenoxy) is 1. The molecular formula is C14H20O2. The van der Waals surface area contributed by atoms with Crippen LogP contribution in [0.2, 0.25) is 0 Å². The van der Waals surface area contributed by atoms with Gasteiger partial charge in [-0.05, 0) is 30.9 Å². The Hall–Kier alpha value is -1.15. The van der Waals surface area contributed by atoms with Gasteiger partial charge in [0, 0.05) is 12.7 Å². The molecule has 0 aliphatic rings. The monoisotopic (exact) mass is 220 g/mol. The van der Waals surface area contributed by atoms with E-state index < -0.39 is 0 Å². The van der Waals surface area contributed by atoms with Crippen LogP contribution in [0.1, 0.15) is 36.7 Å². The lowest BCUT2D eigenvalue weighted by molar-refractivity contribution is 0.0655. The van der Waals surface area contributed by atoms with Gasteiger partial charge in [0.25, 0.3) is 0 Å². The van der Waals surface area contributed by atoms with Gasteiger partial charge in [0.15, 0.2) is 5.78 Å². The van der Waals surface area contributed by atoms with Gasteiger partial charge >= 0.3 is 0 Å². The molecule has 16 heavy (non-hydrogen) atoms. The molecule has 0 aromatic heterocycles. The van der Waals surface area contributed by atoms with Gasteiger partial charge in [-0.1, -0.05) is 32.0 Å². The van der Waals surface area contributed by atoms with Crippen molar-refractivity contribution in [2.75, 3.05) is 7.11 Å². The maximum Gasteiger partial charge on any atom is 0.191 e. The van der Waals surface area contributed by atoms with E-state index in [-0.39, 0.29) is 11.9 Å². The second kappa shape index (κ2) is 5.80. The van der Waals surface area contributed by atoms with Gasteiger partial charge in [-0.3, -0.25) is 4.79 Å². The molecule has 0 bridgehead atoms. The van der Waals surface area contributed by atoms with Gasteiger partial charge in [-0.25, -0.2) is 0 Å². The molecule has 0 radical (unpaired) electrons. The summed E-state index contributed by atoms with van der Waals surface area (Å²) in [5.41, 5.74) is 1.96. The highest BCUT2D eigenvalue weighted by Gasteiger charge is 2.14. The summed E-state index contributed by atoms with van der Waals surface area (Å²) in [7, 11) is 1.56. The summed E-state index contributed by atoms with van der Waals surface area (Å²) >= 11 is 0. The van der Waals surface area contributed by atoms with E-state index in [0.29, 0.717) is 5.92 Å². The number of rotatable bonds is 5. The highest BCUT2D eigenvalue weighted by molar-refractivity contribution is 5.99. The SMILES string of the molecule is COC(C)C(=O)c1cccc(CC(C)C)c1. The number of carbonyl (C=O) groups excluding carboxylic acids is 1. The van der Waals surface area contributed by atoms with E-state index in [1.54, 1.807) is 14.0 Å². The van der Waals surface area contributed by atoms with Gasteiger partial charge < -0.3 is 4.74 Å². The zero-order chi connectivity index (χ0) is 12.1. The summed E-state index contributed by atoms with van der Waals surface area (Å²) in [6, 6.07) is 7.82. The third kappa shape index (κ3) is 3.46. The zero-order valence-corrected chi connectivity index (χ0v) is 10.5. The van der Waals surface area contributed by atoms with E-state index in [4.69, 9.17) is 4.74 Å². The van der Waals surface area contributed by atoms with Crippen LogP contribution >= 0.6 is 0 Å². The second-order valence-corrected chi connectivity index (χ2v) is 4.54. The first-order valence-corrected chi connectivity index (χ1v) is 5.70. The van der Waals surface area contributed by atoms with E-state index in [0.717, 1.165) is 12.0 Å². The number of Topliss-reactive ketones (excluding diaryl/α,β-unsaturated/α-hetero) is 1. The van der Waals surface area contributed by atoms with Crippen molar-refractivity contribution in [2.24, 2.45) is 5.92 Å². The van der Waals surface area contributed by atoms with Crippen molar-refractivity contribution in [1.82, 2.24) is 0 Å². The Balaban J connectivity index is 2.85. The van der Waals surface area contributed by atoms with Crippen LogP contribution in [0.25, 0.3) is 0 Å². The molecule has 1 rings (SSSR count). The maximum atomic E-state index is 11.9. The van der Waals surface area contributed by atoms with E-state index in [9.17, 15) is 4.79 Å². The lowest BCUT2D eigenvalue weighted by atomic mass is 9.98. The summed E-state index contributed by atoms with van der Waals surface area (Å²) in [6.45, 7) is 6.12. The van der Waals surface area contributed by atoms with Crippen LogP contribution in [0, 0.1) is 5.92 Å². The van der Waals surface area contributed by atoms with Crippen LogP contribution in [0.3, 0.4) is 0 Å². The summed E-state index contributed by atoms with van der Waals surface area (Å²) in [5, 5.41) is 0. The fourth-order valence-corrected chi connectivity index (χ4v) is 1.66. The Morgan fingerprint density at radius 3 is 2.56 bits per heavy atom. The number of carbonyl (C=O) groups is 1. The quantitative estimate of drug-likeness (QED) is 0.713. The van der Waals surface area contributed by atoms with Crippen LogP contribution in [0.5, 0.6) is 0 Å². The van der Waals surface area contributed by atoms with Crippen LogP contribution in [0.4, 0.5) is 0 Å². The first-order valence-electron chi connectivity index (χ1n) is 5.70. The van der Waals surface area contributed by atoms with Crippen LogP contribution < -0.4 is 0 Å². The molecule has 2 heteroatoms. The lowest BCUT2D eigenvalue weighted by Gasteiger charge is -2.10. The van der Waals surface area contributed by atoms with Crippen molar-refractivity contribution >= 4 is 5.78 Å². The Bertz CT molecular complexity index is 356. The Morgan fingerprint density at radius 1 is 1.31 bits per heavy atom. The number of ketones is 1. The molecular weight excluding hydrogens is 200 g/mol. The molecule has 0 spiro atoms. The number of hydrogen-bond acceptors (Lipinski definition) is 2. The van der Waals surface area contributed by atoms with E-state index in [1.807, 2.05) is 18.2 Å². The fourth-order valence-electron chi connectivity index (χ4n) is 1.66. The third-order valence-electron chi connectivity index (χ3n) is 2.58. The number of benzene rings is 1. The second-order valence-electron chi connectivity index (χ2n) is 4.54. The molecule has 0 fully saturated rings. The molecule has 0 saturated carbocycles. The summed E-state index contributed by atoms with van der Waals surface area (Å²) < 4.78 is 5.04.